The number of unbranched alkanes of at least 4 members (excludes halogenated alkanes) is 1. The minimum Gasteiger partial charge on any atom is -0.360 e. The Morgan fingerprint density at radius 2 is 1.96 bits per heavy atom. The highest BCUT2D eigenvalue weighted by Crippen LogP contribution is 2.25. The van der Waals surface area contributed by atoms with Gasteiger partial charge in [0.15, 0.2) is 4.34 Å². The molecule has 0 aliphatic heterocycles. The lowest BCUT2D eigenvalue weighted by molar-refractivity contribution is -0.122. The largest absolute Gasteiger partial charge is 0.360 e. The average molecular weight is 398 g/mol. The van der Waals surface area contributed by atoms with Crippen LogP contribution in [0.3, 0.4) is 0 Å². The van der Waals surface area contributed by atoms with E-state index in [-0.39, 0.29) is 29.9 Å². The molecule has 2 amide bonds. The Labute approximate surface area is 159 Å². The molecule has 0 radical (unpaired) electrons. The predicted octanol–water partition coefficient (Wildman–Crippen LogP) is 2.74. The van der Waals surface area contributed by atoms with Gasteiger partial charge in [0.1, 0.15) is 5.82 Å². The van der Waals surface area contributed by atoms with Crippen molar-refractivity contribution in [2.24, 2.45) is 0 Å². The molecule has 26 heavy (non-hydrogen) atoms. The molecular formula is C16H20FN5O2S2. The van der Waals surface area contributed by atoms with Gasteiger partial charge in [-0.3, -0.25) is 9.59 Å². The Balaban J connectivity index is 1.65. The normalized spacial score (nSPS) is 10.4. The van der Waals surface area contributed by atoms with Crippen molar-refractivity contribution in [1.82, 2.24) is 15.5 Å². The SMILES string of the molecule is CCCCNc1nnc(SCC(=O)NCC(=O)Nc2ccc(F)cc2)s1. The first kappa shape index (κ1) is 20.1. The third-order valence-corrected chi connectivity index (χ3v) is 5.13. The van der Waals surface area contributed by atoms with E-state index in [0.717, 1.165) is 24.5 Å². The molecule has 0 fully saturated rings. The van der Waals surface area contributed by atoms with Crippen LogP contribution in [0.2, 0.25) is 0 Å². The smallest absolute Gasteiger partial charge is 0.243 e. The minimum atomic E-state index is -0.381. The molecule has 1 aromatic heterocycles. The Morgan fingerprint density at radius 1 is 1.19 bits per heavy atom. The van der Waals surface area contributed by atoms with Gasteiger partial charge in [0.2, 0.25) is 16.9 Å². The summed E-state index contributed by atoms with van der Waals surface area (Å²) in [6, 6.07) is 5.40. The van der Waals surface area contributed by atoms with Crippen molar-refractivity contribution in [1.29, 1.82) is 0 Å². The molecule has 2 aromatic rings. The van der Waals surface area contributed by atoms with Crippen molar-refractivity contribution in [2.75, 3.05) is 29.5 Å². The summed E-state index contributed by atoms with van der Waals surface area (Å²) in [6.07, 6.45) is 2.16. The number of nitrogens with one attached hydrogen (secondary N) is 3. The van der Waals surface area contributed by atoms with E-state index < -0.39 is 0 Å². The number of anilines is 2. The van der Waals surface area contributed by atoms with Crippen molar-refractivity contribution in [3.8, 4) is 0 Å². The van der Waals surface area contributed by atoms with Gasteiger partial charge in [0, 0.05) is 12.2 Å². The van der Waals surface area contributed by atoms with Crippen LogP contribution in [0.1, 0.15) is 19.8 Å². The van der Waals surface area contributed by atoms with Crippen molar-refractivity contribution in [3.05, 3.63) is 30.1 Å². The Hall–Kier alpha value is -2.20. The second-order valence-corrected chi connectivity index (χ2v) is 7.47. The zero-order chi connectivity index (χ0) is 18.8. The van der Waals surface area contributed by atoms with Gasteiger partial charge < -0.3 is 16.0 Å². The van der Waals surface area contributed by atoms with Gasteiger partial charge >= 0.3 is 0 Å². The van der Waals surface area contributed by atoms with E-state index in [2.05, 4.69) is 33.1 Å². The molecule has 0 spiro atoms. The molecule has 3 N–H and O–H groups in total. The topological polar surface area (TPSA) is 96.0 Å². The third kappa shape index (κ3) is 7.36. The van der Waals surface area contributed by atoms with E-state index in [9.17, 15) is 14.0 Å². The predicted molar refractivity (Wildman–Crippen MR) is 102 cm³/mol. The molecular weight excluding hydrogens is 377 g/mol. The van der Waals surface area contributed by atoms with Gasteiger partial charge in [-0.2, -0.15) is 0 Å². The number of amides is 2. The Bertz CT molecular complexity index is 724. The number of thioether (sulfide) groups is 1. The number of aromatic nitrogens is 2. The first-order valence-electron chi connectivity index (χ1n) is 8.09. The number of rotatable bonds is 10. The van der Waals surface area contributed by atoms with Gasteiger partial charge in [-0.05, 0) is 30.7 Å². The fourth-order valence-corrected chi connectivity index (χ4v) is 3.41. The molecule has 0 unspecified atom stereocenters. The molecule has 0 aliphatic carbocycles. The summed E-state index contributed by atoms with van der Waals surface area (Å²) in [4.78, 5) is 23.6. The van der Waals surface area contributed by atoms with Crippen LogP contribution < -0.4 is 16.0 Å². The first-order valence-corrected chi connectivity index (χ1v) is 9.89. The summed E-state index contributed by atoms with van der Waals surface area (Å²) in [5.41, 5.74) is 0.469. The van der Waals surface area contributed by atoms with Crippen molar-refractivity contribution >= 4 is 45.7 Å². The summed E-state index contributed by atoms with van der Waals surface area (Å²) in [7, 11) is 0. The third-order valence-electron chi connectivity index (χ3n) is 3.11. The molecule has 1 heterocycles. The maximum Gasteiger partial charge on any atom is 0.243 e. The highest BCUT2D eigenvalue weighted by Gasteiger charge is 2.09. The molecule has 0 bridgehead atoms. The average Bonchev–Trinajstić information content (AvgIpc) is 3.08. The zero-order valence-corrected chi connectivity index (χ0v) is 15.9. The van der Waals surface area contributed by atoms with Gasteiger partial charge in [-0.15, -0.1) is 10.2 Å². The van der Waals surface area contributed by atoms with Gasteiger partial charge in [-0.1, -0.05) is 36.4 Å². The molecule has 0 saturated heterocycles. The zero-order valence-electron chi connectivity index (χ0n) is 14.3. The van der Waals surface area contributed by atoms with E-state index >= 15 is 0 Å². The fourth-order valence-electron chi connectivity index (χ4n) is 1.81. The summed E-state index contributed by atoms with van der Waals surface area (Å²) >= 11 is 2.66. The van der Waals surface area contributed by atoms with Gasteiger partial charge in [-0.25, -0.2) is 4.39 Å². The molecule has 140 valence electrons. The summed E-state index contributed by atoms with van der Waals surface area (Å²) in [5.74, 6) is -0.894. The number of hydrogen-bond donors (Lipinski definition) is 3. The van der Waals surface area contributed by atoms with Crippen LogP contribution in [0.4, 0.5) is 15.2 Å². The van der Waals surface area contributed by atoms with Crippen molar-refractivity contribution < 1.29 is 14.0 Å². The molecule has 7 nitrogen and oxygen atoms in total. The quantitative estimate of drug-likeness (QED) is 0.421. The van der Waals surface area contributed by atoms with Crippen LogP contribution >= 0.6 is 23.1 Å². The van der Waals surface area contributed by atoms with Crippen molar-refractivity contribution in [3.63, 3.8) is 0 Å². The number of nitrogens with zero attached hydrogens (tertiary/aromatic N) is 2. The van der Waals surface area contributed by atoms with Crippen LogP contribution in [0, 0.1) is 5.82 Å². The van der Waals surface area contributed by atoms with E-state index in [1.165, 1.54) is 47.4 Å². The van der Waals surface area contributed by atoms with E-state index in [4.69, 9.17) is 0 Å². The number of carbonyl (C=O) groups excluding carboxylic acids is 2. The molecule has 10 heteroatoms. The number of hydrogen-bond acceptors (Lipinski definition) is 7. The number of benzene rings is 1. The summed E-state index contributed by atoms with van der Waals surface area (Å²) in [6.45, 7) is 2.80. The second kappa shape index (κ2) is 10.7. The van der Waals surface area contributed by atoms with Crippen LogP contribution in [-0.4, -0.2) is 40.9 Å². The first-order chi connectivity index (χ1) is 12.6. The van der Waals surface area contributed by atoms with E-state index in [1.807, 2.05) is 0 Å². The molecule has 0 saturated carbocycles. The molecule has 2 rings (SSSR count). The molecule has 0 aliphatic rings. The molecule has 1 aromatic carbocycles. The number of halogens is 1. The maximum atomic E-state index is 12.8. The lowest BCUT2D eigenvalue weighted by Crippen LogP contribution is -2.33. The van der Waals surface area contributed by atoms with Gasteiger partial charge in [0.25, 0.3) is 0 Å². The fraction of sp³-hybridized carbons (Fsp3) is 0.375. The standard InChI is InChI=1S/C16H20FN5O2S2/c1-2-3-8-18-15-21-22-16(26-15)25-10-14(24)19-9-13(23)20-12-6-4-11(17)5-7-12/h4-7H,2-3,8-10H2,1H3,(H,18,21)(H,19,24)(H,20,23). The highest BCUT2D eigenvalue weighted by atomic mass is 32.2. The summed E-state index contributed by atoms with van der Waals surface area (Å²) < 4.78 is 13.5. The van der Waals surface area contributed by atoms with E-state index in [1.54, 1.807) is 0 Å². The van der Waals surface area contributed by atoms with Crippen LogP contribution in [0.5, 0.6) is 0 Å². The Kier molecular flexibility index (Phi) is 8.29. The lowest BCUT2D eigenvalue weighted by Gasteiger charge is -2.06. The van der Waals surface area contributed by atoms with Crippen LogP contribution in [0.15, 0.2) is 28.6 Å². The molecule has 0 atom stereocenters. The second-order valence-electron chi connectivity index (χ2n) is 5.27. The highest BCUT2D eigenvalue weighted by molar-refractivity contribution is 8.01. The van der Waals surface area contributed by atoms with Gasteiger partial charge in [0.05, 0.1) is 12.3 Å². The lowest BCUT2D eigenvalue weighted by atomic mass is 10.3. The Morgan fingerprint density at radius 3 is 2.69 bits per heavy atom. The monoisotopic (exact) mass is 397 g/mol. The summed E-state index contributed by atoms with van der Waals surface area (Å²) in [5, 5.41) is 17.0. The van der Waals surface area contributed by atoms with Crippen LogP contribution in [0.25, 0.3) is 0 Å². The number of carbonyl (C=O) groups is 2. The van der Waals surface area contributed by atoms with Crippen molar-refractivity contribution in [2.45, 2.75) is 24.1 Å². The minimum absolute atomic E-state index is 0.146. The van der Waals surface area contributed by atoms with Crippen LogP contribution in [-0.2, 0) is 9.59 Å². The van der Waals surface area contributed by atoms with E-state index in [0.29, 0.717) is 10.0 Å². The maximum absolute atomic E-state index is 12.8.